The van der Waals surface area contributed by atoms with Crippen LogP contribution in [0.15, 0.2) is 89.5 Å². The van der Waals surface area contributed by atoms with Crippen LogP contribution in [0.5, 0.6) is 0 Å². The van der Waals surface area contributed by atoms with Gasteiger partial charge in [-0.2, -0.15) is 0 Å². The Morgan fingerprint density at radius 1 is 0.719 bits per heavy atom. The summed E-state index contributed by atoms with van der Waals surface area (Å²) in [5.74, 6) is 0. The molecule has 5 aromatic rings. The monoisotopic (exact) mass is 419 g/mol. The lowest BCUT2D eigenvalue weighted by Crippen LogP contribution is -1.89. The average molecular weight is 420 g/mol. The zero-order valence-corrected chi connectivity index (χ0v) is 18.7. The van der Waals surface area contributed by atoms with Crippen molar-refractivity contribution in [3.63, 3.8) is 0 Å². The summed E-state index contributed by atoms with van der Waals surface area (Å²) in [6, 6.07) is 27.7. The molecule has 0 spiro atoms. The van der Waals surface area contributed by atoms with Gasteiger partial charge in [-0.15, -0.1) is 0 Å². The van der Waals surface area contributed by atoms with Crippen LogP contribution in [-0.4, -0.2) is 4.98 Å². The normalized spacial score (nSPS) is 11.4. The molecule has 0 amide bonds. The van der Waals surface area contributed by atoms with Crippen molar-refractivity contribution in [3.8, 4) is 22.4 Å². The fraction of sp³-hybridized carbons (Fsp3) is 0.233. The molecule has 2 nitrogen and oxygen atoms in total. The summed E-state index contributed by atoms with van der Waals surface area (Å²) >= 11 is 0. The van der Waals surface area contributed by atoms with Crippen LogP contribution in [0.2, 0.25) is 0 Å². The third-order valence-corrected chi connectivity index (χ3v) is 6.27. The predicted octanol–water partition coefficient (Wildman–Crippen LogP) is 8.83. The molecule has 32 heavy (non-hydrogen) atoms. The Hall–Kier alpha value is -3.39. The molecule has 5 rings (SSSR count). The van der Waals surface area contributed by atoms with E-state index >= 15 is 0 Å². The molecule has 0 bridgehead atoms. The summed E-state index contributed by atoms with van der Waals surface area (Å²) in [6.07, 6.45) is 9.71. The number of rotatable bonds is 8. The van der Waals surface area contributed by atoms with E-state index in [9.17, 15) is 0 Å². The summed E-state index contributed by atoms with van der Waals surface area (Å²) in [5, 5.41) is 2.28. The number of hydrogen-bond acceptors (Lipinski definition) is 2. The highest BCUT2D eigenvalue weighted by atomic mass is 16.3. The van der Waals surface area contributed by atoms with E-state index in [0.29, 0.717) is 0 Å². The number of pyridine rings is 1. The molecule has 0 aliphatic heterocycles. The van der Waals surface area contributed by atoms with Crippen molar-refractivity contribution in [1.82, 2.24) is 4.98 Å². The number of aryl methyl sites for hydroxylation is 1. The molecule has 160 valence electrons. The third kappa shape index (κ3) is 4.18. The quantitative estimate of drug-likeness (QED) is 0.235. The molecule has 3 aromatic carbocycles. The molecule has 0 aliphatic carbocycles. The molecule has 0 unspecified atom stereocenters. The van der Waals surface area contributed by atoms with Crippen LogP contribution in [0, 0.1) is 0 Å². The van der Waals surface area contributed by atoms with E-state index in [0.717, 1.165) is 45.2 Å². The lowest BCUT2D eigenvalue weighted by atomic mass is 10.00. The Bertz CT molecular complexity index is 1330. The van der Waals surface area contributed by atoms with Crippen molar-refractivity contribution in [2.45, 2.75) is 45.4 Å². The van der Waals surface area contributed by atoms with Gasteiger partial charge in [-0.3, -0.25) is 4.98 Å². The van der Waals surface area contributed by atoms with Crippen molar-refractivity contribution >= 4 is 21.9 Å². The summed E-state index contributed by atoms with van der Waals surface area (Å²) in [4.78, 5) is 4.81. The standard InChI is InChI=1S/C30H29NO/c1-2-3-4-5-6-11-22-12-9-13-23(20-22)24-18-19-28(31-21-24)27-16-10-15-26-25-14-7-8-17-29(25)32-30(26)27/h7-10,12-21H,2-6,11H2,1H3. The van der Waals surface area contributed by atoms with Gasteiger partial charge in [0, 0.05) is 28.1 Å². The van der Waals surface area contributed by atoms with Crippen molar-refractivity contribution in [3.05, 3.63) is 90.6 Å². The summed E-state index contributed by atoms with van der Waals surface area (Å²) in [7, 11) is 0. The number of furan rings is 1. The van der Waals surface area contributed by atoms with Gasteiger partial charge < -0.3 is 4.42 Å². The van der Waals surface area contributed by atoms with Crippen LogP contribution in [-0.2, 0) is 6.42 Å². The number of unbranched alkanes of at least 4 members (excludes halogenated alkanes) is 4. The minimum absolute atomic E-state index is 0.902. The molecule has 2 heteroatoms. The molecular weight excluding hydrogens is 390 g/mol. The van der Waals surface area contributed by atoms with Gasteiger partial charge in [0.15, 0.2) is 0 Å². The number of fused-ring (bicyclic) bond motifs is 3. The first-order chi connectivity index (χ1) is 15.8. The number of benzene rings is 3. The Balaban J connectivity index is 1.39. The first kappa shape index (κ1) is 20.5. The number of nitrogens with zero attached hydrogens (tertiary/aromatic N) is 1. The summed E-state index contributed by atoms with van der Waals surface area (Å²) < 4.78 is 6.19. The van der Waals surface area contributed by atoms with E-state index in [1.165, 1.54) is 43.2 Å². The predicted molar refractivity (Wildman–Crippen MR) is 135 cm³/mol. The summed E-state index contributed by atoms with van der Waals surface area (Å²) in [5.41, 5.74) is 7.58. The van der Waals surface area contributed by atoms with Crippen LogP contribution in [0.25, 0.3) is 44.3 Å². The van der Waals surface area contributed by atoms with E-state index in [4.69, 9.17) is 9.40 Å². The lowest BCUT2D eigenvalue weighted by Gasteiger charge is -2.07. The SMILES string of the molecule is CCCCCCCc1cccc(-c2ccc(-c3cccc4c3oc3ccccc34)nc2)c1. The Labute approximate surface area is 189 Å². The van der Waals surface area contributed by atoms with Gasteiger partial charge >= 0.3 is 0 Å². The molecule has 0 aliphatic rings. The highest BCUT2D eigenvalue weighted by molar-refractivity contribution is 6.09. The number of aromatic nitrogens is 1. The van der Waals surface area contributed by atoms with Crippen molar-refractivity contribution < 1.29 is 4.42 Å². The van der Waals surface area contributed by atoms with Crippen LogP contribution in [0.1, 0.15) is 44.6 Å². The zero-order valence-electron chi connectivity index (χ0n) is 18.7. The maximum absolute atomic E-state index is 6.19. The largest absolute Gasteiger partial charge is 0.455 e. The molecule has 0 saturated heterocycles. The average Bonchev–Trinajstić information content (AvgIpc) is 3.23. The lowest BCUT2D eigenvalue weighted by molar-refractivity contribution is 0.632. The maximum atomic E-state index is 6.19. The molecule has 0 fully saturated rings. The van der Waals surface area contributed by atoms with Gasteiger partial charge in [-0.1, -0.05) is 93.3 Å². The topological polar surface area (TPSA) is 26.0 Å². The van der Waals surface area contributed by atoms with Crippen LogP contribution in [0.3, 0.4) is 0 Å². The Morgan fingerprint density at radius 3 is 2.44 bits per heavy atom. The fourth-order valence-electron chi connectivity index (χ4n) is 4.51. The Kier molecular flexibility index (Phi) is 6.02. The second-order valence-corrected chi connectivity index (χ2v) is 8.58. The molecule has 0 radical (unpaired) electrons. The van der Waals surface area contributed by atoms with E-state index in [1.807, 2.05) is 18.3 Å². The van der Waals surface area contributed by atoms with E-state index in [1.54, 1.807) is 0 Å². The number of para-hydroxylation sites is 2. The molecule has 0 atom stereocenters. The smallest absolute Gasteiger partial charge is 0.144 e. The molecular formula is C30H29NO. The molecule has 0 saturated carbocycles. The van der Waals surface area contributed by atoms with Crippen molar-refractivity contribution in [2.75, 3.05) is 0 Å². The molecule has 2 heterocycles. The van der Waals surface area contributed by atoms with Gasteiger partial charge in [0.2, 0.25) is 0 Å². The van der Waals surface area contributed by atoms with Gasteiger partial charge in [0.05, 0.1) is 5.69 Å². The van der Waals surface area contributed by atoms with Crippen LogP contribution < -0.4 is 0 Å². The van der Waals surface area contributed by atoms with Gasteiger partial charge in [-0.25, -0.2) is 0 Å². The second-order valence-electron chi connectivity index (χ2n) is 8.58. The van der Waals surface area contributed by atoms with Gasteiger partial charge in [0.25, 0.3) is 0 Å². The van der Waals surface area contributed by atoms with E-state index in [2.05, 4.69) is 73.7 Å². The van der Waals surface area contributed by atoms with Crippen LogP contribution >= 0.6 is 0 Å². The highest BCUT2D eigenvalue weighted by Gasteiger charge is 2.12. The minimum atomic E-state index is 0.902. The summed E-state index contributed by atoms with van der Waals surface area (Å²) in [6.45, 7) is 2.26. The highest BCUT2D eigenvalue weighted by Crippen LogP contribution is 2.35. The minimum Gasteiger partial charge on any atom is -0.455 e. The van der Waals surface area contributed by atoms with E-state index < -0.39 is 0 Å². The molecule has 0 N–H and O–H groups in total. The van der Waals surface area contributed by atoms with Crippen molar-refractivity contribution in [2.24, 2.45) is 0 Å². The third-order valence-electron chi connectivity index (χ3n) is 6.27. The van der Waals surface area contributed by atoms with Crippen molar-refractivity contribution in [1.29, 1.82) is 0 Å². The van der Waals surface area contributed by atoms with Crippen LogP contribution in [0.4, 0.5) is 0 Å². The number of hydrogen-bond donors (Lipinski definition) is 0. The van der Waals surface area contributed by atoms with E-state index in [-0.39, 0.29) is 0 Å². The molecule has 2 aromatic heterocycles. The second kappa shape index (κ2) is 9.40. The first-order valence-corrected chi connectivity index (χ1v) is 11.8. The Morgan fingerprint density at radius 2 is 1.56 bits per heavy atom. The fourth-order valence-corrected chi connectivity index (χ4v) is 4.51. The zero-order chi connectivity index (χ0) is 21.8. The van der Waals surface area contributed by atoms with Gasteiger partial charge in [-0.05, 0) is 42.2 Å². The van der Waals surface area contributed by atoms with Gasteiger partial charge in [0.1, 0.15) is 11.2 Å². The first-order valence-electron chi connectivity index (χ1n) is 11.8. The maximum Gasteiger partial charge on any atom is 0.144 e.